The van der Waals surface area contributed by atoms with Crippen molar-refractivity contribution in [1.29, 1.82) is 0 Å². The molecule has 0 aromatic heterocycles. The van der Waals surface area contributed by atoms with E-state index in [1.165, 1.54) is 19.2 Å². The molecule has 0 heterocycles. The molecule has 0 spiro atoms. The van der Waals surface area contributed by atoms with Gasteiger partial charge in [-0.1, -0.05) is 25.0 Å². The van der Waals surface area contributed by atoms with E-state index in [0.29, 0.717) is 12.8 Å². The predicted octanol–water partition coefficient (Wildman–Crippen LogP) is 2.32. The number of carbonyl (C=O) groups excluding carboxylic acids is 2. The summed E-state index contributed by atoms with van der Waals surface area (Å²) < 4.78 is 18.0. The second-order valence-electron chi connectivity index (χ2n) is 5.38. The normalized spacial score (nSPS) is 16.5. The molecule has 1 aliphatic rings. The highest BCUT2D eigenvalue weighted by Gasteiger charge is 2.42. The van der Waals surface area contributed by atoms with Gasteiger partial charge in [-0.05, 0) is 30.5 Å². The van der Waals surface area contributed by atoms with Gasteiger partial charge in [0, 0.05) is 6.54 Å². The van der Waals surface area contributed by atoms with Crippen LogP contribution in [0, 0.1) is 5.82 Å². The van der Waals surface area contributed by atoms with E-state index in [0.717, 1.165) is 18.4 Å². The third-order valence-electron chi connectivity index (χ3n) is 4.11. The van der Waals surface area contributed by atoms with Crippen molar-refractivity contribution in [3.05, 3.63) is 35.6 Å². The van der Waals surface area contributed by atoms with E-state index in [1.54, 1.807) is 12.1 Å². The minimum Gasteiger partial charge on any atom is -0.469 e. The topological polar surface area (TPSA) is 55.4 Å². The molecule has 1 N–H and O–H groups in total. The smallest absolute Gasteiger partial charge is 0.307 e. The van der Waals surface area contributed by atoms with Crippen LogP contribution in [0.2, 0.25) is 0 Å². The van der Waals surface area contributed by atoms with E-state index < -0.39 is 5.41 Å². The number of nitrogens with one attached hydrogen (secondary N) is 1. The minimum absolute atomic E-state index is 0.130. The highest BCUT2D eigenvalue weighted by molar-refractivity contribution is 5.88. The fourth-order valence-electron chi connectivity index (χ4n) is 2.96. The average Bonchev–Trinajstić information content (AvgIpc) is 2.97. The third kappa shape index (κ3) is 3.40. The Hall–Kier alpha value is -1.91. The van der Waals surface area contributed by atoms with Crippen LogP contribution in [0.5, 0.6) is 0 Å². The van der Waals surface area contributed by atoms with Crippen molar-refractivity contribution < 1.29 is 18.7 Å². The number of methoxy groups -OCH3 is 1. The lowest BCUT2D eigenvalue weighted by Crippen LogP contribution is -2.43. The molecule has 1 amide bonds. The van der Waals surface area contributed by atoms with Crippen molar-refractivity contribution in [2.45, 2.75) is 37.5 Å². The summed E-state index contributed by atoms with van der Waals surface area (Å²) in [5.74, 6) is -0.822. The van der Waals surface area contributed by atoms with E-state index in [4.69, 9.17) is 0 Å². The van der Waals surface area contributed by atoms with Gasteiger partial charge in [0.05, 0.1) is 18.9 Å². The van der Waals surface area contributed by atoms with E-state index in [2.05, 4.69) is 10.1 Å². The van der Waals surface area contributed by atoms with Crippen LogP contribution in [0.25, 0.3) is 0 Å². The van der Waals surface area contributed by atoms with Crippen LogP contribution < -0.4 is 5.32 Å². The average molecular weight is 293 g/mol. The lowest BCUT2D eigenvalue weighted by molar-refractivity contribution is -0.140. The Morgan fingerprint density at radius 3 is 2.67 bits per heavy atom. The standard InChI is InChI=1S/C16H20FNO3/c1-21-14(19)7-10-18-15(20)16(8-2-3-9-16)12-5-4-6-13(17)11-12/h4-6,11H,2-3,7-10H2,1H3,(H,18,20). The Kier molecular flexibility index (Phi) is 4.94. The molecule has 1 aromatic carbocycles. The molecule has 1 aromatic rings. The monoisotopic (exact) mass is 293 g/mol. The fraction of sp³-hybridized carbons (Fsp3) is 0.500. The quantitative estimate of drug-likeness (QED) is 0.848. The van der Waals surface area contributed by atoms with Crippen LogP contribution in [0.4, 0.5) is 4.39 Å². The lowest BCUT2D eigenvalue weighted by atomic mass is 9.78. The van der Waals surface area contributed by atoms with Gasteiger partial charge in [-0.15, -0.1) is 0 Å². The Balaban J connectivity index is 2.11. The molecule has 5 heteroatoms. The molecule has 0 radical (unpaired) electrons. The van der Waals surface area contributed by atoms with Crippen LogP contribution in [0.15, 0.2) is 24.3 Å². The summed E-state index contributed by atoms with van der Waals surface area (Å²) in [4.78, 5) is 23.6. The first-order chi connectivity index (χ1) is 10.1. The Morgan fingerprint density at radius 2 is 2.05 bits per heavy atom. The maximum Gasteiger partial charge on any atom is 0.307 e. The summed E-state index contributed by atoms with van der Waals surface area (Å²) in [6.07, 6.45) is 3.45. The van der Waals surface area contributed by atoms with Gasteiger partial charge in [0.15, 0.2) is 0 Å². The van der Waals surface area contributed by atoms with Crippen molar-refractivity contribution in [2.75, 3.05) is 13.7 Å². The zero-order chi connectivity index (χ0) is 15.3. The third-order valence-corrected chi connectivity index (χ3v) is 4.11. The van der Waals surface area contributed by atoms with Gasteiger partial charge in [0.1, 0.15) is 5.82 Å². The maximum atomic E-state index is 13.5. The molecule has 2 rings (SSSR count). The molecular formula is C16H20FNO3. The number of halogens is 1. The molecule has 0 aliphatic heterocycles. The van der Waals surface area contributed by atoms with Crippen molar-refractivity contribution >= 4 is 11.9 Å². The van der Waals surface area contributed by atoms with Crippen LogP contribution in [-0.4, -0.2) is 25.5 Å². The molecule has 0 atom stereocenters. The van der Waals surface area contributed by atoms with E-state index in [-0.39, 0.29) is 30.7 Å². The molecule has 114 valence electrons. The molecule has 0 unspecified atom stereocenters. The summed E-state index contributed by atoms with van der Waals surface area (Å²) in [5, 5.41) is 2.79. The van der Waals surface area contributed by atoms with Crippen LogP contribution in [0.3, 0.4) is 0 Å². The first kappa shape index (κ1) is 15.5. The van der Waals surface area contributed by atoms with Gasteiger partial charge in [0.2, 0.25) is 5.91 Å². The van der Waals surface area contributed by atoms with Gasteiger partial charge in [-0.2, -0.15) is 0 Å². The number of carbonyl (C=O) groups is 2. The van der Waals surface area contributed by atoms with Crippen LogP contribution in [0.1, 0.15) is 37.7 Å². The summed E-state index contributed by atoms with van der Waals surface area (Å²) in [7, 11) is 1.31. The number of ether oxygens (including phenoxy) is 1. The van der Waals surface area contributed by atoms with E-state index >= 15 is 0 Å². The van der Waals surface area contributed by atoms with Crippen molar-refractivity contribution in [1.82, 2.24) is 5.32 Å². The number of hydrogen-bond acceptors (Lipinski definition) is 3. The molecule has 1 saturated carbocycles. The van der Waals surface area contributed by atoms with Gasteiger partial charge in [-0.3, -0.25) is 9.59 Å². The zero-order valence-electron chi connectivity index (χ0n) is 12.2. The fourth-order valence-corrected chi connectivity index (χ4v) is 2.96. The van der Waals surface area contributed by atoms with Gasteiger partial charge in [-0.25, -0.2) is 4.39 Å². The maximum absolute atomic E-state index is 13.5. The molecule has 0 saturated heterocycles. The second kappa shape index (κ2) is 6.70. The number of rotatable bonds is 5. The molecule has 1 aliphatic carbocycles. The summed E-state index contributed by atoms with van der Waals surface area (Å²) in [6.45, 7) is 0.239. The highest BCUT2D eigenvalue weighted by atomic mass is 19.1. The van der Waals surface area contributed by atoms with E-state index in [1.807, 2.05) is 0 Å². The minimum atomic E-state index is -0.668. The number of esters is 1. The van der Waals surface area contributed by atoms with E-state index in [9.17, 15) is 14.0 Å². The van der Waals surface area contributed by atoms with Crippen LogP contribution >= 0.6 is 0 Å². The van der Waals surface area contributed by atoms with Gasteiger partial charge in [0.25, 0.3) is 0 Å². The first-order valence-corrected chi connectivity index (χ1v) is 7.20. The summed E-state index contributed by atoms with van der Waals surface area (Å²) in [6, 6.07) is 6.24. The van der Waals surface area contributed by atoms with Crippen molar-refractivity contribution in [2.24, 2.45) is 0 Å². The van der Waals surface area contributed by atoms with Crippen LogP contribution in [-0.2, 0) is 19.7 Å². The molecule has 1 fully saturated rings. The molecular weight excluding hydrogens is 273 g/mol. The first-order valence-electron chi connectivity index (χ1n) is 7.20. The Bertz CT molecular complexity index is 524. The Labute approximate surface area is 123 Å². The number of amides is 1. The van der Waals surface area contributed by atoms with Gasteiger partial charge < -0.3 is 10.1 Å². The molecule has 21 heavy (non-hydrogen) atoms. The largest absolute Gasteiger partial charge is 0.469 e. The van der Waals surface area contributed by atoms with Crippen molar-refractivity contribution in [3.63, 3.8) is 0 Å². The van der Waals surface area contributed by atoms with Gasteiger partial charge >= 0.3 is 5.97 Å². The number of hydrogen-bond donors (Lipinski definition) is 1. The predicted molar refractivity (Wildman–Crippen MR) is 76.2 cm³/mol. The number of benzene rings is 1. The Morgan fingerprint density at radius 1 is 1.33 bits per heavy atom. The second-order valence-corrected chi connectivity index (χ2v) is 5.38. The zero-order valence-corrected chi connectivity index (χ0v) is 12.2. The summed E-state index contributed by atoms with van der Waals surface area (Å²) in [5.41, 5.74) is 0.0497. The lowest BCUT2D eigenvalue weighted by Gasteiger charge is -2.28. The summed E-state index contributed by atoms with van der Waals surface area (Å²) >= 11 is 0. The molecule has 4 nitrogen and oxygen atoms in total. The highest BCUT2D eigenvalue weighted by Crippen LogP contribution is 2.41. The van der Waals surface area contributed by atoms with Crippen molar-refractivity contribution in [3.8, 4) is 0 Å². The molecule has 0 bridgehead atoms. The SMILES string of the molecule is COC(=O)CCNC(=O)C1(c2cccc(F)c2)CCCC1.